The van der Waals surface area contributed by atoms with Gasteiger partial charge in [0.05, 0.1) is 11.7 Å². The molecular formula is C18H22N4O2. The van der Waals surface area contributed by atoms with Gasteiger partial charge in [0.15, 0.2) is 11.5 Å². The van der Waals surface area contributed by atoms with Gasteiger partial charge in [0.2, 0.25) is 0 Å². The van der Waals surface area contributed by atoms with Gasteiger partial charge in [0.1, 0.15) is 13.2 Å². The van der Waals surface area contributed by atoms with Gasteiger partial charge in [-0.15, -0.1) is 5.10 Å². The molecule has 1 atom stereocenters. The van der Waals surface area contributed by atoms with Crippen LogP contribution in [0.2, 0.25) is 0 Å². The van der Waals surface area contributed by atoms with E-state index in [9.17, 15) is 0 Å². The van der Waals surface area contributed by atoms with Crippen molar-refractivity contribution < 1.29 is 9.47 Å². The fraction of sp³-hybridized carbons (Fsp3) is 0.556. The molecule has 2 aromatic rings. The Kier molecular flexibility index (Phi) is 3.43. The van der Waals surface area contributed by atoms with Crippen LogP contribution in [0.1, 0.15) is 42.5 Å². The molecule has 0 spiro atoms. The second-order valence-electron chi connectivity index (χ2n) is 7.05. The van der Waals surface area contributed by atoms with Crippen LogP contribution in [-0.4, -0.2) is 46.2 Å². The minimum atomic E-state index is 0.446. The summed E-state index contributed by atoms with van der Waals surface area (Å²) in [6, 6.07) is 6.72. The number of likely N-dealkylation sites (tertiary alicyclic amines) is 1. The Balaban J connectivity index is 1.24. The maximum absolute atomic E-state index is 5.68. The maximum atomic E-state index is 5.68. The highest BCUT2D eigenvalue weighted by Gasteiger charge is 2.29. The van der Waals surface area contributed by atoms with Crippen LogP contribution in [0.4, 0.5) is 0 Å². The van der Waals surface area contributed by atoms with Gasteiger partial charge in [0.25, 0.3) is 0 Å². The SMILES string of the molecule is c1cc2c(cc1CN1CCC(n3cc(C4CC4)nn3)C1)OCCO2. The molecule has 6 nitrogen and oxygen atoms in total. The lowest BCUT2D eigenvalue weighted by Crippen LogP contribution is -2.22. The van der Waals surface area contributed by atoms with E-state index in [-0.39, 0.29) is 0 Å². The fourth-order valence-electron chi connectivity index (χ4n) is 3.65. The summed E-state index contributed by atoms with van der Waals surface area (Å²) in [5, 5.41) is 8.71. The number of fused-ring (bicyclic) bond motifs is 1. The van der Waals surface area contributed by atoms with Crippen LogP contribution < -0.4 is 9.47 Å². The van der Waals surface area contributed by atoms with Crippen molar-refractivity contribution in [3.05, 3.63) is 35.7 Å². The van der Waals surface area contributed by atoms with Crippen molar-refractivity contribution in [3.63, 3.8) is 0 Å². The highest BCUT2D eigenvalue weighted by atomic mass is 16.6. The Labute approximate surface area is 141 Å². The van der Waals surface area contributed by atoms with Gasteiger partial charge >= 0.3 is 0 Å². The topological polar surface area (TPSA) is 52.4 Å². The van der Waals surface area contributed by atoms with E-state index in [1.807, 2.05) is 6.07 Å². The minimum absolute atomic E-state index is 0.446. The smallest absolute Gasteiger partial charge is 0.161 e. The summed E-state index contributed by atoms with van der Waals surface area (Å²) in [6.45, 7) is 4.34. The summed E-state index contributed by atoms with van der Waals surface area (Å²) >= 11 is 0. The van der Waals surface area contributed by atoms with E-state index in [0.29, 0.717) is 25.2 Å². The lowest BCUT2D eigenvalue weighted by molar-refractivity contribution is 0.171. The molecule has 0 radical (unpaired) electrons. The van der Waals surface area contributed by atoms with E-state index in [4.69, 9.17) is 9.47 Å². The van der Waals surface area contributed by atoms with E-state index in [1.54, 1.807) is 0 Å². The van der Waals surface area contributed by atoms with E-state index >= 15 is 0 Å². The second-order valence-corrected chi connectivity index (χ2v) is 7.05. The number of aromatic nitrogens is 3. The van der Waals surface area contributed by atoms with Crippen LogP contribution in [0.3, 0.4) is 0 Å². The number of ether oxygens (including phenoxy) is 2. The molecule has 2 aliphatic heterocycles. The molecule has 0 N–H and O–H groups in total. The molecule has 5 rings (SSSR count). The third-order valence-electron chi connectivity index (χ3n) is 5.16. The first kappa shape index (κ1) is 14.3. The van der Waals surface area contributed by atoms with E-state index in [1.165, 1.54) is 24.1 Å². The number of nitrogens with zero attached hydrogens (tertiary/aromatic N) is 4. The van der Waals surface area contributed by atoms with Gasteiger partial charge in [-0.2, -0.15) is 0 Å². The van der Waals surface area contributed by atoms with Gasteiger partial charge in [-0.05, 0) is 37.0 Å². The zero-order valence-electron chi connectivity index (χ0n) is 13.7. The molecular weight excluding hydrogens is 304 g/mol. The van der Waals surface area contributed by atoms with Crippen LogP contribution in [0.5, 0.6) is 11.5 Å². The van der Waals surface area contributed by atoms with Crippen molar-refractivity contribution in [2.75, 3.05) is 26.3 Å². The van der Waals surface area contributed by atoms with Crippen molar-refractivity contribution >= 4 is 0 Å². The normalized spacial score (nSPS) is 23.6. The van der Waals surface area contributed by atoms with Crippen molar-refractivity contribution in [2.45, 2.75) is 37.8 Å². The third-order valence-corrected chi connectivity index (χ3v) is 5.16. The maximum Gasteiger partial charge on any atom is 0.161 e. The number of hydrogen-bond acceptors (Lipinski definition) is 5. The first-order valence-electron chi connectivity index (χ1n) is 8.88. The summed E-state index contributed by atoms with van der Waals surface area (Å²) in [5.41, 5.74) is 2.46. The van der Waals surface area contributed by atoms with Gasteiger partial charge in [0, 0.05) is 31.7 Å². The highest BCUT2D eigenvalue weighted by Crippen LogP contribution is 2.39. The number of hydrogen-bond donors (Lipinski definition) is 0. The van der Waals surface area contributed by atoms with Crippen LogP contribution in [0.15, 0.2) is 24.4 Å². The van der Waals surface area contributed by atoms with Crippen molar-refractivity contribution in [1.82, 2.24) is 19.9 Å². The zero-order valence-corrected chi connectivity index (χ0v) is 13.7. The molecule has 1 unspecified atom stereocenters. The molecule has 1 saturated heterocycles. The Morgan fingerprint density at radius 3 is 2.83 bits per heavy atom. The monoisotopic (exact) mass is 326 g/mol. The van der Waals surface area contributed by atoms with Gasteiger partial charge < -0.3 is 9.47 Å². The fourth-order valence-corrected chi connectivity index (χ4v) is 3.65. The van der Waals surface area contributed by atoms with Crippen molar-refractivity contribution in [2.24, 2.45) is 0 Å². The number of rotatable bonds is 4. The first-order chi connectivity index (χ1) is 11.8. The molecule has 0 amide bonds. The average molecular weight is 326 g/mol. The standard InChI is InChI=1S/C18H22N4O2/c1-4-17-18(24-8-7-23-17)9-13(1)10-21-6-5-15(11-21)22-12-16(19-20-22)14-2-3-14/h1,4,9,12,14-15H,2-3,5-8,10-11H2. The summed E-state index contributed by atoms with van der Waals surface area (Å²) in [4.78, 5) is 2.48. The van der Waals surface area contributed by atoms with E-state index in [0.717, 1.165) is 37.6 Å². The van der Waals surface area contributed by atoms with Crippen LogP contribution in [-0.2, 0) is 6.54 Å². The predicted molar refractivity (Wildman–Crippen MR) is 88.4 cm³/mol. The highest BCUT2D eigenvalue weighted by molar-refractivity contribution is 5.43. The molecule has 1 aromatic carbocycles. The van der Waals surface area contributed by atoms with Crippen molar-refractivity contribution in [3.8, 4) is 11.5 Å². The van der Waals surface area contributed by atoms with Crippen molar-refractivity contribution in [1.29, 1.82) is 0 Å². The van der Waals surface area contributed by atoms with Gasteiger partial charge in [-0.25, -0.2) is 4.68 Å². The quantitative estimate of drug-likeness (QED) is 0.863. The molecule has 2 fully saturated rings. The predicted octanol–water partition coefficient (Wildman–Crippen LogP) is 2.37. The molecule has 1 aromatic heterocycles. The molecule has 6 heteroatoms. The largest absolute Gasteiger partial charge is 0.486 e. The molecule has 0 bridgehead atoms. The Morgan fingerprint density at radius 1 is 1.08 bits per heavy atom. The molecule has 3 aliphatic rings. The second kappa shape index (κ2) is 5.77. The minimum Gasteiger partial charge on any atom is -0.486 e. The first-order valence-corrected chi connectivity index (χ1v) is 8.88. The molecule has 1 aliphatic carbocycles. The Bertz CT molecular complexity index is 740. The molecule has 1 saturated carbocycles. The molecule has 126 valence electrons. The Hall–Kier alpha value is -2.08. The summed E-state index contributed by atoms with van der Waals surface area (Å²) in [5.74, 6) is 2.41. The summed E-state index contributed by atoms with van der Waals surface area (Å²) < 4.78 is 13.4. The molecule has 24 heavy (non-hydrogen) atoms. The van der Waals surface area contributed by atoms with Gasteiger partial charge in [-0.1, -0.05) is 11.3 Å². The summed E-state index contributed by atoms with van der Waals surface area (Å²) in [7, 11) is 0. The lowest BCUT2D eigenvalue weighted by atomic mass is 10.2. The van der Waals surface area contributed by atoms with Gasteiger partial charge in [-0.3, -0.25) is 4.90 Å². The van der Waals surface area contributed by atoms with Crippen LogP contribution >= 0.6 is 0 Å². The van der Waals surface area contributed by atoms with Crippen LogP contribution in [0.25, 0.3) is 0 Å². The summed E-state index contributed by atoms with van der Waals surface area (Å²) in [6.07, 6.45) is 5.85. The third kappa shape index (κ3) is 2.75. The zero-order chi connectivity index (χ0) is 15.9. The number of benzene rings is 1. The molecule has 3 heterocycles. The van der Waals surface area contributed by atoms with E-state index in [2.05, 4.69) is 38.2 Å². The Morgan fingerprint density at radius 2 is 1.96 bits per heavy atom. The average Bonchev–Trinajstić information content (AvgIpc) is 3.16. The van der Waals surface area contributed by atoms with E-state index < -0.39 is 0 Å². The lowest BCUT2D eigenvalue weighted by Gasteiger charge is -2.21. The van der Waals surface area contributed by atoms with Crippen LogP contribution in [0, 0.1) is 0 Å².